The highest BCUT2D eigenvalue weighted by Crippen LogP contribution is 2.34. The van der Waals surface area contributed by atoms with Crippen LogP contribution < -0.4 is 20.1 Å². The van der Waals surface area contributed by atoms with Crippen LogP contribution in [0.5, 0.6) is 11.5 Å². The van der Waals surface area contributed by atoms with Crippen molar-refractivity contribution in [2.24, 2.45) is 4.99 Å². The zero-order chi connectivity index (χ0) is 19.3. The Balaban J connectivity index is 1.53. The molecule has 146 valence electrons. The van der Waals surface area contributed by atoms with Gasteiger partial charge < -0.3 is 20.1 Å². The zero-order valence-electron chi connectivity index (χ0n) is 16.5. The smallest absolute Gasteiger partial charge is 0.191 e. The third-order valence-electron chi connectivity index (χ3n) is 4.55. The number of aryl methyl sites for hydroxylation is 1. The number of nitrogens with zero attached hydrogens (tertiary/aromatic N) is 2. The number of rotatable bonds is 6. The lowest BCUT2D eigenvalue weighted by molar-refractivity contribution is 0.171. The number of hydrogen-bond acceptors (Lipinski definition) is 5. The molecule has 2 N–H and O–H groups in total. The highest BCUT2D eigenvalue weighted by molar-refractivity contribution is 7.11. The molecule has 1 aromatic heterocycles. The standard InChI is InChI=1S/C20H28N4O2S/c1-14-12-23-18(27-14)7-8-22-19(21-4)24-13-20(2,3)15-5-6-16-17(11-15)26-10-9-25-16/h5-6,11-12H,7-10,13H2,1-4H3,(H2,21,22,24). The maximum absolute atomic E-state index is 5.72. The molecule has 6 nitrogen and oxygen atoms in total. The molecule has 0 bridgehead atoms. The summed E-state index contributed by atoms with van der Waals surface area (Å²) in [6, 6.07) is 6.18. The number of ether oxygens (including phenoxy) is 2. The minimum atomic E-state index is -0.0835. The number of fused-ring (bicyclic) bond motifs is 1. The van der Waals surface area contributed by atoms with Crippen molar-refractivity contribution in [2.45, 2.75) is 32.6 Å². The van der Waals surface area contributed by atoms with E-state index in [0.29, 0.717) is 13.2 Å². The number of benzene rings is 1. The number of nitrogens with one attached hydrogen (secondary N) is 2. The summed E-state index contributed by atoms with van der Waals surface area (Å²) in [6.45, 7) is 9.26. The Hall–Kier alpha value is -2.28. The first-order valence-electron chi connectivity index (χ1n) is 9.24. The van der Waals surface area contributed by atoms with E-state index in [1.165, 1.54) is 10.4 Å². The maximum Gasteiger partial charge on any atom is 0.191 e. The molecule has 0 spiro atoms. The summed E-state index contributed by atoms with van der Waals surface area (Å²) < 4.78 is 11.3. The number of hydrogen-bond donors (Lipinski definition) is 2. The minimum absolute atomic E-state index is 0.0835. The molecule has 1 aromatic carbocycles. The van der Waals surface area contributed by atoms with E-state index in [2.05, 4.69) is 53.5 Å². The molecule has 1 aliphatic rings. The molecule has 0 amide bonds. The van der Waals surface area contributed by atoms with Gasteiger partial charge in [-0.15, -0.1) is 11.3 Å². The zero-order valence-corrected chi connectivity index (χ0v) is 17.3. The molecule has 1 aliphatic heterocycles. The molecule has 2 aromatic rings. The summed E-state index contributed by atoms with van der Waals surface area (Å²) >= 11 is 1.74. The lowest BCUT2D eigenvalue weighted by Crippen LogP contribution is -2.44. The van der Waals surface area contributed by atoms with Gasteiger partial charge in [0.25, 0.3) is 0 Å². The predicted octanol–water partition coefficient (Wildman–Crippen LogP) is 2.91. The predicted molar refractivity (Wildman–Crippen MR) is 110 cm³/mol. The Labute approximate surface area is 165 Å². The summed E-state index contributed by atoms with van der Waals surface area (Å²) in [5.41, 5.74) is 1.12. The van der Waals surface area contributed by atoms with Gasteiger partial charge in [0, 0.05) is 43.0 Å². The maximum atomic E-state index is 5.72. The number of aromatic nitrogens is 1. The minimum Gasteiger partial charge on any atom is -0.486 e. The Morgan fingerprint density at radius 1 is 1.22 bits per heavy atom. The topological polar surface area (TPSA) is 67.8 Å². The summed E-state index contributed by atoms with van der Waals surface area (Å²) in [6.07, 6.45) is 2.81. The van der Waals surface area contributed by atoms with Gasteiger partial charge in [-0.2, -0.15) is 0 Å². The van der Waals surface area contributed by atoms with Crippen LogP contribution in [-0.2, 0) is 11.8 Å². The molecule has 0 saturated heterocycles. The quantitative estimate of drug-likeness (QED) is 0.588. The second kappa shape index (κ2) is 8.61. The average molecular weight is 389 g/mol. The Kier molecular flexibility index (Phi) is 6.21. The highest BCUT2D eigenvalue weighted by atomic mass is 32.1. The molecule has 27 heavy (non-hydrogen) atoms. The Morgan fingerprint density at radius 2 is 2.00 bits per heavy atom. The van der Waals surface area contributed by atoms with Crippen LogP contribution in [0.3, 0.4) is 0 Å². The van der Waals surface area contributed by atoms with E-state index in [1.807, 2.05) is 12.3 Å². The van der Waals surface area contributed by atoms with Crippen LogP contribution in [0, 0.1) is 6.92 Å². The van der Waals surface area contributed by atoms with Gasteiger partial charge in [0.05, 0.1) is 5.01 Å². The van der Waals surface area contributed by atoms with Gasteiger partial charge in [-0.3, -0.25) is 4.99 Å². The first-order valence-corrected chi connectivity index (χ1v) is 10.1. The van der Waals surface area contributed by atoms with Gasteiger partial charge in [-0.05, 0) is 24.6 Å². The van der Waals surface area contributed by atoms with E-state index in [9.17, 15) is 0 Å². The molecule has 3 rings (SSSR count). The molecule has 7 heteroatoms. The van der Waals surface area contributed by atoms with E-state index in [1.54, 1.807) is 18.4 Å². The van der Waals surface area contributed by atoms with Gasteiger partial charge in [0.2, 0.25) is 0 Å². The normalized spacial score (nSPS) is 14.1. The average Bonchev–Trinajstić information content (AvgIpc) is 3.09. The van der Waals surface area contributed by atoms with Crippen molar-refractivity contribution in [3.05, 3.63) is 39.8 Å². The van der Waals surface area contributed by atoms with Crippen LogP contribution in [0.1, 0.15) is 29.3 Å². The van der Waals surface area contributed by atoms with Crippen molar-refractivity contribution in [1.29, 1.82) is 0 Å². The Morgan fingerprint density at radius 3 is 2.70 bits per heavy atom. The molecule has 0 unspecified atom stereocenters. The molecule has 0 atom stereocenters. The molecule has 0 fully saturated rings. The van der Waals surface area contributed by atoms with Gasteiger partial charge in [0.15, 0.2) is 17.5 Å². The van der Waals surface area contributed by atoms with Gasteiger partial charge in [-0.25, -0.2) is 4.98 Å². The highest BCUT2D eigenvalue weighted by Gasteiger charge is 2.23. The molecule has 0 aliphatic carbocycles. The van der Waals surface area contributed by atoms with Crippen LogP contribution >= 0.6 is 11.3 Å². The SMILES string of the molecule is CN=C(NCCc1ncc(C)s1)NCC(C)(C)c1ccc2c(c1)OCCO2. The van der Waals surface area contributed by atoms with Crippen molar-refractivity contribution >= 4 is 17.3 Å². The fraction of sp³-hybridized carbons (Fsp3) is 0.500. The second-order valence-electron chi connectivity index (χ2n) is 7.21. The second-order valence-corrected chi connectivity index (χ2v) is 8.53. The number of thiazole rings is 1. The van der Waals surface area contributed by atoms with E-state index in [4.69, 9.17) is 9.47 Å². The van der Waals surface area contributed by atoms with Crippen molar-refractivity contribution < 1.29 is 9.47 Å². The van der Waals surface area contributed by atoms with Crippen LogP contribution in [0.25, 0.3) is 0 Å². The summed E-state index contributed by atoms with van der Waals surface area (Å²) in [7, 11) is 1.79. The lowest BCUT2D eigenvalue weighted by Gasteiger charge is -2.28. The third-order valence-corrected chi connectivity index (χ3v) is 5.52. The number of aliphatic imine (C=N–C) groups is 1. The summed E-state index contributed by atoms with van der Waals surface area (Å²) in [4.78, 5) is 9.96. The first-order chi connectivity index (χ1) is 13.0. The fourth-order valence-electron chi connectivity index (χ4n) is 2.90. The largest absolute Gasteiger partial charge is 0.486 e. The van der Waals surface area contributed by atoms with E-state index >= 15 is 0 Å². The lowest BCUT2D eigenvalue weighted by atomic mass is 9.84. The summed E-state index contributed by atoms with van der Waals surface area (Å²) in [5.74, 6) is 2.45. The fourth-order valence-corrected chi connectivity index (χ4v) is 3.68. The van der Waals surface area contributed by atoms with Gasteiger partial charge in [-0.1, -0.05) is 19.9 Å². The van der Waals surface area contributed by atoms with Crippen molar-refractivity contribution in [1.82, 2.24) is 15.6 Å². The van der Waals surface area contributed by atoms with Gasteiger partial charge in [0.1, 0.15) is 13.2 Å². The van der Waals surface area contributed by atoms with E-state index < -0.39 is 0 Å². The molecular formula is C20H28N4O2S. The van der Waals surface area contributed by atoms with Crippen molar-refractivity contribution in [2.75, 3.05) is 33.4 Å². The summed E-state index contributed by atoms with van der Waals surface area (Å²) in [5, 5.41) is 7.94. The monoisotopic (exact) mass is 388 g/mol. The molecular weight excluding hydrogens is 360 g/mol. The third kappa shape index (κ3) is 5.13. The van der Waals surface area contributed by atoms with Crippen molar-refractivity contribution in [3.63, 3.8) is 0 Å². The van der Waals surface area contributed by atoms with Crippen LogP contribution in [-0.4, -0.2) is 44.3 Å². The van der Waals surface area contributed by atoms with E-state index in [0.717, 1.165) is 42.0 Å². The van der Waals surface area contributed by atoms with Crippen LogP contribution in [0.4, 0.5) is 0 Å². The van der Waals surface area contributed by atoms with E-state index in [-0.39, 0.29) is 5.41 Å². The molecule has 0 radical (unpaired) electrons. The molecule has 2 heterocycles. The van der Waals surface area contributed by atoms with Crippen molar-refractivity contribution in [3.8, 4) is 11.5 Å². The van der Waals surface area contributed by atoms with Crippen LogP contribution in [0.15, 0.2) is 29.4 Å². The van der Waals surface area contributed by atoms with Gasteiger partial charge >= 0.3 is 0 Å². The molecule has 0 saturated carbocycles. The first kappa shape index (κ1) is 19.5. The van der Waals surface area contributed by atoms with Crippen LogP contribution in [0.2, 0.25) is 0 Å². The number of guanidine groups is 1. The Bertz CT molecular complexity index is 801.